The van der Waals surface area contributed by atoms with Gasteiger partial charge in [0.15, 0.2) is 0 Å². The van der Waals surface area contributed by atoms with Gasteiger partial charge in [0.2, 0.25) is 5.95 Å². The van der Waals surface area contributed by atoms with Gasteiger partial charge in [-0.2, -0.15) is 0 Å². The van der Waals surface area contributed by atoms with Crippen molar-refractivity contribution in [2.45, 2.75) is 32.9 Å². The number of halogens is 1. The summed E-state index contributed by atoms with van der Waals surface area (Å²) < 4.78 is 5.25. The van der Waals surface area contributed by atoms with E-state index in [2.05, 4.69) is 20.6 Å². The molecule has 0 aliphatic carbocycles. The number of anilines is 2. The maximum Gasteiger partial charge on any atom is 0.412 e. The topological polar surface area (TPSA) is 76.1 Å². The molecule has 0 unspecified atom stereocenters. The Balaban J connectivity index is 1.67. The number of benzene rings is 2. The molecule has 1 amide bonds. The molecule has 0 saturated heterocycles. The van der Waals surface area contributed by atoms with Gasteiger partial charge in [0.05, 0.1) is 5.52 Å². The normalized spacial score (nSPS) is 11.3. The maximum atomic E-state index is 11.9. The molecule has 6 nitrogen and oxygen atoms in total. The number of nitrogens with zero attached hydrogens (tertiary/aromatic N) is 2. The smallest absolute Gasteiger partial charge is 0.412 e. The van der Waals surface area contributed by atoms with E-state index < -0.39 is 11.7 Å². The second kappa shape index (κ2) is 7.80. The number of amides is 1. The van der Waals surface area contributed by atoms with E-state index in [9.17, 15) is 4.79 Å². The molecule has 0 atom stereocenters. The number of hydrogen-bond donors (Lipinski definition) is 2. The Bertz CT molecular complexity index is 952. The molecule has 1 aromatic heterocycles. The molecule has 3 rings (SSSR count). The van der Waals surface area contributed by atoms with Crippen LogP contribution >= 0.6 is 11.6 Å². The van der Waals surface area contributed by atoms with Gasteiger partial charge in [-0.1, -0.05) is 23.7 Å². The zero-order chi connectivity index (χ0) is 19.4. The molecule has 7 heteroatoms. The van der Waals surface area contributed by atoms with Crippen molar-refractivity contribution < 1.29 is 9.53 Å². The molecule has 3 aromatic rings. The van der Waals surface area contributed by atoms with E-state index in [4.69, 9.17) is 16.3 Å². The Hall–Kier alpha value is -2.86. The van der Waals surface area contributed by atoms with Gasteiger partial charge >= 0.3 is 6.09 Å². The molecule has 27 heavy (non-hydrogen) atoms. The number of ether oxygens (including phenoxy) is 1. The fourth-order valence-electron chi connectivity index (χ4n) is 2.40. The lowest BCUT2D eigenvalue weighted by molar-refractivity contribution is 0.0636. The van der Waals surface area contributed by atoms with Crippen LogP contribution in [0.3, 0.4) is 0 Å². The highest BCUT2D eigenvalue weighted by Crippen LogP contribution is 2.19. The Morgan fingerprint density at radius 1 is 1.15 bits per heavy atom. The summed E-state index contributed by atoms with van der Waals surface area (Å²) in [5.74, 6) is 0.533. The average Bonchev–Trinajstić information content (AvgIpc) is 2.59. The van der Waals surface area contributed by atoms with Gasteiger partial charge in [0.1, 0.15) is 5.60 Å². The lowest BCUT2D eigenvalue weighted by atomic mass is 10.2. The summed E-state index contributed by atoms with van der Waals surface area (Å²) in [5, 5.41) is 7.43. The van der Waals surface area contributed by atoms with Crippen molar-refractivity contribution in [1.29, 1.82) is 0 Å². The van der Waals surface area contributed by atoms with Gasteiger partial charge in [-0.25, -0.2) is 14.8 Å². The maximum absolute atomic E-state index is 11.9. The van der Waals surface area contributed by atoms with Crippen LogP contribution in [-0.4, -0.2) is 21.7 Å². The van der Waals surface area contributed by atoms with Crippen LogP contribution in [-0.2, 0) is 11.3 Å². The molecule has 0 aliphatic heterocycles. The summed E-state index contributed by atoms with van der Waals surface area (Å²) in [6, 6.07) is 13.0. The second-order valence-electron chi connectivity index (χ2n) is 7.07. The van der Waals surface area contributed by atoms with Crippen molar-refractivity contribution in [2.24, 2.45) is 0 Å². The van der Waals surface area contributed by atoms with Crippen LogP contribution in [0.15, 0.2) is 48.7 Å². The van der Waals surface area contributed by atoms with Crippen LogP contribution in [0.5, 0.6) is 0 Å². The molecule has 0 spiro atoms. The molecular formula is C20H21ClN4O2. The predicted octanol–water partition coefficient (Wildman–Crippen LogP) is 5.24. The van der Waals surface area contributed by atoms with Crippen LogP contribution in [0, 0.1) is 0 Å². The molecule has 0 radical (unpaired) electrons. The number of carbonyl (C=O) groups excluding carboxylic acids is 1. The quantitative estimate of drug-likeness (QED) is 0.643. The summed E-state index contributed by atoms with van der Waals surface area (Å²) in [7, 11) is 0. The summed E-state index contributed by atoms with van der Waals surface area (Å²) >= 11 is 5.89. The standard InChI is InChI=1S/C20H21ClN4O2/c1-20(2,3)27-19(26)24-16-8-9-17-14(10-16)12-23-18(25-17)22-11-13-4-6-15(21)7-5-13/h4-10,12H,11H2,1-3H3,(H,24,26)(H,22,23,25). The third-order valence-corrected chi connectivity index (χ3v) is 3.84. The molecule has 2 N–H and O–H groups in total. The Kier molecular flexibility index (Phi) is 5.46. The number of nitrogens with one attached hydrogen (secondary N) is 2. The van der Waals surface area contributed by atoms with Crippen LogP contribution in [0.25, 0.3) is 10.9 Å². The number of aromatic nitrogens is 2. The van der Waals surface area contributed by atoms with Crippen LogP contribution in [0.4, 0.5) is 16.4 Å². The first-order valence-corrected chi connectivity index (χ1v) is 8.91. The van der Waals surface area contributed by atoms with E-state index in [0.29, 0.717) is 23.2 Å². The van der Waals surface area contributed by atoms with Crippen molar-refractivity contribution in [3.63, 3.8) is 0 Å². The monoisotopic (exact) mass is 384 g/mol. The molecule has 0 bridgehead atoms. The third-order valence-electron chi connectivity index (χ3n) is 3.59. The summed E-state index contributed by atoms with van der Waals surface area (Å²) in [6.07, 6.45) is 1.22. The summed E-state index contributed by atoms with van der Waals surface area (Å²) in [4.78, 5) is 20.7. The van der Waals surface area contributed by atoms with Gasteiger partial charge in [-0.15, -0.1) is 0 Å². The van der Waals surface area contributed by atoms with Gasteiger partial charge in [0.25, 0.3) is 0 Å². The highest BCUT2D eigenvalue weighted by Gasteiger charge is 2.16. The number of hydrogen-bond acceptors (Lipinski definition) is 5. The number of rotatable bonds is 4. The van der Waals surface area contributed by atoms with E-state index in [1.807, 2.05) is 57.2 Å². The molecule has 1 heterocycles. The number of carbonyl (C=O) groups is 1. The van der Waals surface area contributed by atoms with E-state index in [0.717, 1.165) is 16.5 Å². The molecule has 0 aliphatic rings. The van der Waals surface area contributed by atoms with Crippen molar-refractivity contribution in [3.8, 4) is 0 Å². The molecule has 2 aromatic carbocycles. The van der Waals surface area contributed by atoms with Crippen molar-refractivity contribution in [3.05, 3.63) is 59.2 Å². The molecular weight excluding hydrogens is 364 g/mol. The van der Waals surface area contributed by atoms with E-state index in [-0.39, 0.29) is 0 Å². The van der Waals surface area contributed by atoms with Crippen molar-refractivity contribution >= 4 is 40.2 Å². The second-order valence-corrected chi connectivity index (χ2v) is 7.51. The zero-order valence-electron chi connectivity index (χ0n) is 15.4. The van der Waals surface area contributed by atoms with Crippen molar-refractivity contribution in [2.75, 3.05) is 10.6 Å². The first-order chi connectivity index (χ1) is 12.8. The Labute approximate surface area is 162 Å². The van der Waals surface area contributed by atoms with Gasteiger partial charge in [0, 0.05) is 28.8 Å². The minimum atomic E-state index is -0.547. The summed E-state index contributed by atoms with van der Waals surface area (Å²) in [5.41, 5.74) is 1.94. The third kappa shape index (κ3) is 5.56. The SMILES string of the molecule is CC(C)(C)OC(=O)Nc1ccc2nc(NCc3ccc(Cl)cc3)ncc2c1. The fourth-order valence-corrected chi connectivity index (χ4v) is 2.53. The van der Waals surface area contributed by atoms with E-state index in [1.165, 1.54) is 0 Å². The van der Waals surface area contributed by atoms with Gasteiger partial charge in [-0.05, 0) is 56.7 Å². The highest BCUT2D eigenvalue weighted by atomic mass is 35.5. The highest BCUT2D eigenvalue weighted by molar-refractivity contribution is 6.30. The molecule has 140 valence electrons. The predicted molar refractivity (Wildman–Crippen MR) is 108 cm³/mol. The average molecular weight is 385 g/mol. The Morgan fingerprint density at radius 2 is 1.89 bits per heavy atom. The van der Waals surface area contributed by atoms with Crippen LogP contribution in [0.1, 0.15) is 26.3 Å². The minimum absolute atomic E-state index is 0.496. The van der Waals surface area contributed by atoms with Crippen molar-refractivity contribution in [1.82, 2.24) is 9.97 Å². The van der Waals surface area contributed by atoms with E-state index >= 15 is 0 Å². The van der Waals surface area contributed by atoms with Crippen LogP contribution < -0.4 is 10.6 Å². The van der Waals surface area contributed by atoms with Gasteiger partial charge < -0.3 is 10.1 Å². The summed E-state index contributed by atoms with van der Waals surface area (Å²) in [6.45, 7) is 6.05. The van der Waals surface area contributed by atoms with E-state index in [1.54, 1.807) is 12.3 Å². The minimum Gasteiger partial charge on any atom is -0.444 e. The largest absolute Gasteiger partial charge is 0.444 e. The van der Waals surface area contributed by atoms with Crippen LogP contribution in [0.2, 0.25) is 5.02 Å². The first kappa shape index (κ1) is 18.9. The molecule has 0 fully saturated rings. The number of fused-ring (bicyclic) bond motifs is 1. The lowest BCUT2D eigenvalue weighted by Gasteiger charge is -2.19. The fraction of sp³-hybridized carbons (Fsp3) is 0.250. The van der Waals surface area contributed by atoms with Gasteiger partial charge in [-0.3, -0.25) is 5.32 Å². The Morgan fingerprint density at radius 3 is 2.59 bits per heavy atom. The first-order valence-electron chi connectivity index (χ1n) is 8.54. The lowest BCUT2D eigenvalue weighted by Crippen LogP contribution is -2.27. The molecule has 0 saturated carbocycles. The zero-order valence-corrected chi connectivity index (χ0v) is 16.2.